The summed E-state index contributed by atoms with van der Waals surface area (Å²) < 4.78 is 1.97. The minimum absolute atomic E-state index is 0.558. The molecule has 8 heteroatoms. The molecule has 29 heavy (non-hydrogen) atoms. The molecule has 0 spiro atoms. The first-order valence-electron chi connectivity index (χ1n) is 9.41. The fraction of sp³-hybridized carbons (Fsp3) is 0.286. The number of nitrogens with one attached hydrogen (secondary N) is 2. The molecule has 2 N–H and O–H groups in total. The number of aromatic nitrogens is 3. The van der Waals surface area contributed by atoms with Crippen LogP contribution in [0.5, 0.6) is 0 Å². The lowest BCUT2D eigenvalue weighted by Crippen LogP contribution is -2.38. The van der Waals surface area contributed by atoms with Crippen LogP contribution in [0.1, 0.15) is 17.2 Å². The molecule has 0 fully saturated rings. The average Bonchev–Trinajstić information content (AvgIpc) is 3.06. The zero-order valence-corrected chi connectivity index (χ0v) is 18.2. The molecule has 3 rings (SSSR count). The van der Waals surface area contributed by atoms with Crippen LogP contribution in [0.2, 0.25) is 5.02 Å². The van der Waals surface area contributed by atoms with Crippen molar-refractivity contribution in [1.82, 2.24) is 25.4 Å². The van der Waals surface area contributed by atoms with Crippen molar-refractivity contribution in [2.24, 2.45) is 12.0 Å². The Labute approximate surface area is 180 Å². The van der Waals surface area contributed by atoms with Crippen molar-refractivity contribution in [2.75, 3.05) is 12.3 Å². The normalized spacial score (nSPS) is 11.5. The maximum atomic E-state index is 5.94. The molecule has 0 radical (unpaired) electrons. The summed E-state index contributed by atoms with van der Waals surface area (Å²) in [5, 5.41) is 15.8. The Hall–Kier alpha value is -2.51. The van der Waals surface area contributed by atoms with E-state index in [4.69, 9.17) is 16.6 Å². The second-order valence-electron chi connectivity index (χ2n) is 6.46. The van der Waals surface area contributed by atoms with Gasteiger partial charge in [-0.25, -0.2) is 4.99 Å². The number of aliphatic imine (C=N–C) groups is 1. The van der Waals surface area contributed by atoms with Gasteiger partial charge in [0.25, 0.3) is 0 Å². The Balaban J connectivity index is 1.55. The molecule has 152 valence electrons. The van der Waals surface area contributed by atoms with Crippen molar-refractivity contribution in [1.29, 1.82) is 0 Å². The molecule has 0 saturated heterocycles. The van der Waals surface area contributed by atoms with Crippen LogP contribution in [0, 0.1) is 6.92 Å². The lowest BCUT2D eigenvalue weighted by Gasteiger charge is -2.12. The van der Waals surface area contributed by atoms with Crippen molar-refractivity contribution in [2.45, 2.75) is 24.9 Å². The van der Waals surface area contributed by atoms with Gasteiger partial charge in [-0.15, -0.1) is 22.0 Å². The number of nitrogens with zero attached hydrogens (tertiary/aromatic N) is 4. The van der Waals surface area contributed by atoms with Crippen LogP contribution >= 0.6 is 23.4 Å². The summed E-state index contributed by atoms with van der Waals surface area (Å²) >= 11 is 7.72. The highest BCUT2D eigenvalue weighted by Gasteiger charge is 2.06. The molecule has 1 aromatic heterocycles. The van der Waals surface area contributed by atoms with E-state index in [9.17, 15) is 0 Å². The number of hydrogen-bond donors (Lipinski definition) is 2. The lowest BCUT2D eigenvalue weighted by molar-refractivity contribution is 0.719. The number of rotatable bonds is 8. The van der Waals surface area contributed by atoms with Gasteiger partial charge in [0.05, 0.1) is 13.1 Å². The molecule has 0 unspecified atom stereocenters. The van der Waals surface area contributed by atoms with Crippen molar-refractivity contribution in [3.8, 4) is 0 Å². The van der Waals surface area contributed by atoms with Crippen LogP contribution in [0.3, 0.4) is 0 Å². The first-order chi connectivity index (χ1) is 14.1. The van der Waals surface area contributed by atoms with Crippen molar-refractivity contribution >= 4 is 29.3 Å². The fourth-order valence-electron chi connectivity index (χ4n) is 2.56. The maximum Gasteiger partial charge on any atom is 0.192 e. The van der Waals surface area contributed by atoms with Gasteiger partial charge >= 0.3 is 0 Å². The SMILES string of the molecule is Cc1nnc(CNC(=NCc2ccccc2)NCCSc2ccc(Cl)cc2)n1C. The van der Waals surface area contributed by atoms with Gasteiger partial charge in [-0.1, -0.05) is 41.9 Å². The van der Waals surface area contributed by atoms with Gasteiger partial charge in [0.2, 0.25) is 0 Å². The van der Waals surface area contributed by atoms with Crippen LogP contribution in [0.4, 0.5) is 0 Å². The van der Waals surface area contributed by atoms with Crippen molar-refractivity contribution in [3.63, 3.8) is 0 Å². The van der Waals surface area contributed by atoms with Crippen molar-refractivity contribution < 1.29 is 0 Å². The van der Waals surface area contributed by atoms with Gasteiger partial charge in [-0.05, 0) is 36.8 Å². The number of aryl methyl sites for hydroxylation is 1. The van der Waals surface area contributed by atoms with E-state index < -0.39 is 0 Å². The molecule has 0 bridgehead atoms. The summed E-state index contributed by atoms with van der Waals surface area (Å²) in [5.41, 5.74) is 1.17. The van der Waals surface area contributed by atoms with E-state index in [-0.39, 0.29) is 0 Å². The van der Waals surface area contributed by atoms with E-state index in [0.717, 1.165) is 34.9 Å². The van der Waals surface area contributed by atoms with Crippen LogP contribution < -0.4 is 10.6 Å². The predicted molar refractivity (Wildman–Crippen MR) is 120 cm³/mol. The zero-order chi connectivity index (χ0) is 20.5. The number of hydrogen-bond acceptors (Lipinski definition) is 4. The first-order valence-corrected chi connectivity index (χ1v) is 10.8. The number of halogens is 1. The highest BCUT2D eigenvalue weighted by atomic mass is 35.5. The van der Waals surface area contributed by atoms with Gasteiger partial charge in [0.1, 0.15) is 5.82 Å². The van der Waals surface area contributed by atoms with E-state index >= 15 is 0 Å². The summed E-state index contributed by atoms with van der Waals surface area (Å²) in [6.45, 7) is 3.89. The van der Waals surface area contributed by atoms with E-state index in [1.54, 1.807) is 11.8 Å². The molecule has 0 amide bonds. The van der Waals surface area contributed by atoms with Crippen molar-refractivity contribution in [3.05, 3.63) is 76.8 Å². The van der Waals surface area contributed by atoms with Gasteiger partial charge in [-0.2, -0.15) is 0 Å². The molecule has 0 aliphatic heterocycles. The summed E-state index contributed by atoms with van der Waals surface area (Å²) in [6, 6.07) is 18.1. The van der Waals surface area contributed by atoms with Gasteiger partial charge in [0, 0.05) is 29.3 Å². The Morgan fingerprint density at radius 2 is 1.83 bits per heavy atom. The Morgan fingerprint density at radius 1 is 1.07 bits per heavy atom. The van der Waals surface area contributed by atoms with Crippen LogP contribution in [-0.4, -0.2) is 33.0 Å². The second kappa shape index (κ2) is 10.9. The fourth-order valence-corrected chi connectivity index (χ4v) is 3.46. The number of benzene rings is 2. The Bertz CT molecular complexity index is 924. The topological polar surface area (TPSA) is 67.1 Å². The van der Waals surface area contributed by atoms with Gasteiger partial charge < -0.3 is 15.2 Å². The smallest absolute Gasteiger partial charge is 0.192 e. The molecule has 0 saturated carbocycles. The number of thioether (sulfide) groups is 1. The summed E-state index contributed by atoms with van der Waals surface area (Å²) in [4.78, 5) is 5.91. The molecule has 1 heterocycles. The zero-order valence-electron chi connectivity index (χ0n) is 16.6. The van der Waals surface area contributed by atoms with Crippen LogP contribution in [0.25, 0.3) is 0 Å². The molecule has 0 aliphatic carbocycles. The average molecular weight is 429 g/mol. The minimum atomic E-state index is 0.558. The summed E-state index contributed by atoms with van der Waals surface area (Å²) in [5.74, 6) is 3.42. The van der Waals surface area contributed by atoms with Gasteiger partial charge in [0.15, 0.2) is 11.8 Å². The summed E-state index contributed by atoms with van der Waals surface area (Å²) in [7, 11) is 1.96. The largest absolute Gasteiger partial charge is 0.356 e. The molecule has 0 atom stereocenters. The summed E-state index contributed by atoms with van der Waals surface area (Å²) in [6.07, 6.45) is 0. The monoisotopic (exact) mass is 428 g/mol. The Morgan fingerprint density at radius 3 is 2.52 bits per heavy atom. The minimum Gasteiger partial charge on any atom is -0.356 e. The molecule has 6 nitrogen and oxygen atoms in total. The van der Waals surface area contributed by atoms with E-state index in [1.165, 1.54) is 10.5 Å². The van der Waals surface area contributed by atoms with Crippen LogP contribution in [0.15, 0.2) is 64.5 Å². The second-order valence-corrected chi connectivity index (χ2v) is 8.06. The van der Waals surface area contributed by atoms with Gasteiger partial charge in [-0.3, -0.25) is 0 Å². The highest BCUT2D eigenvalue weighted by Crippen LogP contribution is 2.19. The third-order valence-corrected chi connectivity index (χ3v) is 5.60. The van der Waals surface area contributed by atoms with E-state index in [2.05, 4.69) is 33.0 Å². The number of guanidine groups is 1. The molecular formula is C21H25ClN6S. The predicted octanol–water partition coefficient (Wildman–Crippen LogP) is 3.80. The third-order valence-electron chi connectivity index (χ3n) is 4.34. The third kappa shape index (κ3) is 6.80. The standard InChI is InChI=1S/C21H25ClN6S/c1-16-26-27-20(28(16)2)15-25-21(24-14-17-6-4-3-5-7-17)23-12-13-29-19-10-8-18(22)9-11-19/h3-11H,12-15H2,1-2H3,(H2,23,24,25). The van der Waals surface area contributed by atoms with Crippen LogP contribution in [-0.2, 0) is 20.1 Å². The van der Waals surface area contributed by atoms with E-state index in [1.807, 2.05) is 61.0 Å². The molecular weight excluding hydrogens is 404 g/mol. The lowest BCUT2D eigenvalue weighted by atomic mass is 10.2. The quantitative estimate of drug-likeness (QED) is 0.247. The molecule has 3 aromatic rings. The highest BCUT2D eigenvalue weighted by molar-refractivity contribution is 7.99. The molecule has 0 aliphatic rings. The Kier molecular flexibility index (Phi) is 7.95. The van der Waals surface area contributed by atoms with E-state index in [0.29, 0.717) is 13.1 Å². The molecule has 2 aromatic carbocycles. The first kappa shape index (κ1) is 21.2. The maximum absolute atomic E-state index is 5.94.